The van der Waals surface area contributed by atoms with Crippen LogP contribution in [0, 0.1) is 0 Å². The van der Waals surface area contributed by atoms with Gasteiger partial charge in [0.25, 0.3) is 5.91 Å². The van der Waals surface area contributed by atoms with Crippen LogP contribution in [-0.2, 0) is 4.74 Å². The molecule has 0 spiro atoms. The average Bonchev–Trinajstić information content (AvgIpc) is 2.70. The predicted octanol–water partition coefficient (Wildman–Crippen LogP) is 3.52. The molecule has 0 aliphatic carbocycles. The first-order chi connectivity index (χ1) is 15.0. The second kappa shape index (κ2) is 9.68. The Labute approximate surface area is 194 Å². The third-order valence-corrected chi connectivity index (χ3v) is 5.17. The molecular formula is C21H26BrFN6O3. The Morgan fingerprint density at radius 2 is 2.06 bits per heavy atom. The van der Waals surface area contributed by atoms with Gasteiger partial charge in [0.15, 0.2) is 5.69 Å². The molecule has 0 aromatic carbocycles. The minimum absolute atomic E-state index is 0.0705. The average molecular weight is 509 g/mol. The zero-order chi connectivity index (χ0) is 23.5. The zero-order valence-electron chi connectivity index (χ0n) is 18.1. The molecule has 2 atom stereocenters. The number of rotatable bonds is 4. The van der Waals surface area contributed by atoms with Crippen molar-refractivity contribution < 1.29 is 18.7 Å². The summed E-state index contributed by atoms with van der Waals surface area (Å²) in [5.41, 5.74) is 6.57. The Morgan fingerprint density at radius 1 is 1.31 bits per heavy atom. The first-order valence-corrected chi connectivity index (χ1v) is 10.9. The number of amides is 2. The zero-order valence-corrected chi connectivity index (χ0v) is 19.6. The van der Waals surface area contributed by atoms with E-state index in [1.165, 1.54) is 6.20 Å². The molecule has 0 bridgehead atoms. The number of alkyl carbamates (subject to hydrolysis) is 1. The van der Waals surface area contributed by atoms with E-state index in [1.54, 1.807) is 45.2 Å². The van der Waals surface area contributed by atoms with Gasteiger partial charge in [-0.2, -0.15) is 0 Å². The number of aromatic nitrogens is 2. The number of hydrogen-bond donors (Lipinski definition) is 3. The highest BCUT2D eigenvalue weighted by Gasteiger charge is 2.33. The molecule has 9 nitrogen and oxygen atoms in total. The molecule has 3 rings (SSSR count). The van der Waals surface area contributed by atoms with E-state index >= 15 is 0 Å². The van der Waals surface area contributed by atoms with Crippen LogP contribution in [0.5, 0.6) is 0 Å². The third kappa shape index (κ3) is 6.06. The topological polar surface area (TPSA) is 122 Å². The maximum absolute atomic E-state index is 14.5. The fraction of sp³-hybridized carbons (Fsp3) is 0.429. The largest absolute Gasteiger partial charge is 0.444 e. The van der Waals surface area contributed by atoms with Crippen LogP contribution >= 0.6 is 15.9 Å². The van der Waals surface area contributed by atoms with Gasteiger partial charge in [0.05, 0.1) is 29.3 Å². The molecule has 3 heterocycles. The summed E-state index contributed by atoms with van der Waals surface area (Å²) in [5.74, 6) is -0.498. The monoisotopic (exact) mass is 508 g/mol. The van der Waals surface area contributed by atoms with Crippen LogP contribution < -0.4 is 21.3 Å². The van der Waals surface area contributed by atoms with Gasteiger partial charge in [-0.15, -0.1) is 0 Å². The van der Waals surface area contributed by atoms with Gasteiger partial charge in [0.1, 0.15) is 16.4 Å². The number of carbonyl (C=O) groups is 2. The van der Waals surface area contributed by atoms with Crippen LogP contribution in [0.4, 0.5) is 26.2 Å². The minimum Gasteiger partial charge on any atom is -0.444 e. The van der Waals surface area contributed by atoms with Gasteiger partial charge < -0.3 is 26.0 Å². The standard InChI is InChI=1S/C21H26BrFN6O3/c1-21(2,3)32-20(31)27-15-11-29(9-7-12(15)23)16-6-8-25-10-14(16)26-19(30)18-13(24)4-5-17(22)28-18/h4-6,8,10,12,15H,7,9,11,24H2,1-3H3,(H,26,30)(H,27,31)/t12-,15-/m1/s1. The molecule has 2 amide bonds. The van der Waals surface area contributed by atoms with Gasteiger partial charge in [-0.25, -0.2) is 14.2 Å². The van der Waals surface area contributed by atoms with Gasteiger partial charge in [0, 0.05) is 19.3 Å². The van der Waals surface area contributed by atoms with Crippen molar-refractivity contribution in [2.24, 2.45) is 0 Å². The van der Waals surface area contributed by atoms with Crippen LogP contribution in [0.1, 0.15) is 37.7 Å². The van der Waals surface area contributed by atoms with Gasteiger partial charge >= 0.3 is 6.09 Å². The Kier molecular flexibility index (Phi) is 7.17. The van der Waals surface area contributed by atoms with Gasteiger partial charge in [-0.1, -0.05) is 0 Å². The van der Waals surface area contributed by atoms with Gasteiger partial charge in [-0.05, 0) is 61.3 Å². The molecule has 1 aliphatic heterocycles. The molecule has 0 saturated carbocycles. The molecule has 1 saturated heterocycles. The van der Waals surface area contributed by atoms with E-state index in [0.717, 1.165) is 0 Å². The molecule has 1 aliphatic rings. The highest BCUT2D eigenvalue weighted by Crippen LogP contribution is 2.29. The number of anilines is 3. The lowest BCUT2D eigenvalue weighted by atomic mass is 10.0. The lowest BCUT2D eigenvalue weighted by molar-refractivity contribution is 0.0466. The van der Waals surface area contributed by atoms with Crippen molar-refractivity contribution in [2.45, 2.75) is 45.0 Å². The smallest absolute Gasteiger partial charge is 0.408 e. The van der Waals surface area contributed by atoms with E-state index in [0.29, 0.717) is 22.5 Å². The fourth-order valence-electron chi connectivity index (χ4n) is 3.31. The lowest BCUT2D eigenvalue weighted by Gasteiger charge is -2.37. The maximum Gasteiger partial charge on any atom is 0.408 e. The van der Waals surface area contributed by atoms with Crippen molar-refractivity contribution in [3.63, 3.8) is 0 Å². The maximum atomic E-state index is 14.5. The van der Waals surface area contributed by atoms with Crippen LogP contribution in [0.25, 0.3) is 0 Å². The van der Waals surface area contributed by atoms with Crippen LogP contribution in [0.3, 0.4) is 0 Å². The van der Waals surface area contributed by atoms with Crippen LogP contribution in [-0.4, -0.2) is 52.9 Å². The highest BCUT2D eigenvalue weighted by molar-refractivity contribution is 9.10. The van der Waals surface area contributed by atoms with Crippen LogP contribution in [0.15, 0.2) is 35.2 Å². The van der Waals surface area contributed by atoms with Crippen molar-refractivity contribution in [1.82, 2.24) is 15.3 Å². The molecular weight excluding hydrogens is 483 g/mol. The summed E-state index contributed by atoms with van der Waals surface area (Å²) in [4.78, 5) is 35.0. The third-order valence-electron chi connectivity index (χ3n) is 4.73. The van der Waals surface area contributed by atoms with E-state index in [-0.39, 0.29) is 24.3 Å². The number of nitrogens with zero attached hydrogens (tertiary/aromatic N) is 3. The summed E-state index contributed by atoms with van der Waals surface area (Å²) < 4.78 is 20.3. The Hall–Kier alpha value is -2.95. The lowest BCUT2D eigenvalue weighted by Crippen LogP contribution is -2.54. The van der Waals surface area contributed by atoms with Gasteiger partial charge in [0.2, 0.25) is 0 Å². The van der Waals surface area contributed by atoms with E-state index in [9.17, 15) is 14.0 Å². The second-order valence-corrected chi connectivity index (χ2v) is 9.23. The van der Waals surface area contributed by atoms with E-state index < -0.39 is 29.8 Å². The highest BCUT2D eigenvalue weighted by atomic mass is 79.9. The molecule has 172 valence electrons. The summed E-state index contributed by atoms with van der Waals surface area (Å²) in [7, 11) is 0. The van der Waals surface area contributed by atoms with Crippen molar-refractivity contribution in [3.05, 3.63) is 40.9 Å². The number of pyridine rings is 2. The number of piperidine rings is 1. The van der Waals surface area contributed by atoms with Crippen molar-refractivity contribution in [1.29, 1.82) is 0 Å². The summed E-state index contributed by atoms with van der Waals surface area (Å²) in [5, 5.41) is 5.39. The summed E-state index contributed by atoms with van der Waals surface area (Å²) in [6.07, 6.45) is 1.39. The number of ether oxygens (including phenoxy) is 1. The van der Waals surface area contributed by atoms with Crippen molar-refractivity contribution >= 4 is 45.0 Å². The SMILES string of the molecule is CC(C)(C)OC(=O)N[C@@H]1CN(c2ccncc2NC(=O)c2nc(Br)ccc2N)CC[C@H]1F. The number of alkyl halides is 1. The summed E-state index contributed by atoms with van der Waals surface area (Å²) >= 11 is 3.23. The first-order valence-electron chi connectivity index (χ1n) is 10.1. The number of nitrogens with two attached hydrogens (primary N) is 1. The minimum atomic E-state index is -1.22. The quantitative estimate of drug-likeness (QED) is 0.539. The molecule has 4 N–H and O–H groups in total. The number of nitrogens with one attached hydrogen (secondary N) is 2. The van der Waals surface area contributed by atoms with Crippen molar-refractivity contribution in [2.75, 3.05) is 29.0 Å². The van der Waals surface area contributed by atoms with E-state index in [4.69, 9.17) is 10.5 Å². The molecule has 2 aromatic heterocycles. The Balaban J connectivity index is 1.76. The number of halogens is 2. The number of carbonyl (C=O) groups excluding carboxylic acids is 2. The molecule has 32 heavy (non-hydrogen) atoms. The summed E-state index contributed by atoms with van der Waals surface area (Å²) in [6, 6.07) is 4.17. The Bertz CT molecular complexity index is 1000. The van der Waals surface area contributed by atoms with Crippen molar-refractivity contribution in [3.8, 4) is 0 Å². The Morgan fingerprint density at radius 3 is 2.78 bits per heavy atom. The number of nitrogen functional groups attached to an aromatic ring is 1. The van der Waals surface area contributed by atoms with Crippen LogP contribution in [0.2, 0.25) is 0 Å². The van der Waals surface area contributed by atoms with E-state index in [2.05, 4.69) is 36.5 Å². The molecule has 0 radical (unpaired) electrons. The molecule has 1 fully saturated rings. The molecule has 0 unspecified atom stereocenters. The fourth-order valence-corrected chi connectivity index (χ4v) is 3.62. The molecule has 2 aromatic rings. The number of hydrogen-bond acceptors (Lipinski definition) is 7. The van der Waals surface area contributed by atoms with Gasteiger partial charge in [-0.3, -0.25) is 9.78 Å². The molecule has 11 heteroatoms. The first kappa shape index (κ1) is 23.7. The summed E-state index contributed by atoms with van der Waals surface area (Å²) in [6.45, 7) is 5.82. The second-order valence-electron chi connectivity index (χ2n) is 8.42. The van der Waals surface area contributed by atoms with E-state index in [1.807, 2.05) is 4.90 Å². The predicted molar refractivity (Wildman–Crippen MR) is 123 cm³/mol. The normalized spacial score (nSPS) is 18.7.